The van der Waals surface area contributed by atoms with E-state index in [9.17, 15) is 19.3 Å². The summed E-state index contributed by atoms with van der Waals surface area (Å²) in [6, 6.07) is 3.22. The molecule has 0 aliphatic heterocycles. The molecule has 0 bridgehead atoms. The van der Waals surface area contributed by atoms with Crippen LogP contribution < -0.4 is 4.74 Å². The molecule has 0 unspecified atom stereocenters. The van der Waals surface area contributed by atoms with E-state index in [0.717, 1.165) is 12.1 Å². The van der Waals surface area contributed by atoms with Gasteiger partial charge >= 0.3 is 11.7 Å². The quantitative estimate of drug-likeness (QED) is 0.601. The van der Waals surface area contributed by atoms with Gasteiger partial charge in [-0.3, -0.25) is 10.1 Å². The van der Waals surface area contributed by atoms with Gasteiger partial charge in [-0.2, -0.15) is 4.39 Å². The molecule has 1 rings (SSSR count). The number of carbonyl (C=O) groups is 1. The van der Waals surface area contributed by atoms with Crippen LogP contribution in [-0.2, 0) is 4.79 Å². The lowest BCUT2D eigenvalue weighted by atomic mass is 10.3. The van der Waals surface area contributed by atoms with E-state index in [-0.39, 0.29) is 0 Å². The van der Waals surface area contributed by atoms with Crippen LogP contribution in [0.1, 0.15) is 0 Å². The normalized spacial score (nSPS) is 9.67. The van der Waals surface area contributed by atoms with Gasteiger partial charge in [0.05, 0.1) is 4.92 Å². The second-order valence-corrected chi connectivity index (χ2v) is 2.53. The highest BCUT2D eigenvalue weighted by atomic mass is 19.1. The summed E-state index contributed by atoms with van der Waals surface area (Å²) in [6.07, 6.45) is 0. The second kappa shape index (κ2) is 4.36. The molecule has 0 aliphatic rings. The lowest BCUT2D eigenvalue weighted by Crippen LogP contribution is -2.10. The lowest BCUT2D eigenvalue weighted by molar-refractivity contribution is -0.388. The first-order valence-corrected chi connectivity index (χ1v) is 3.80. The van der Waals surface area contributed by atoms with Crippen LogP contribution in [0.5, 0.6) is 5.75 Å². The van der Waals surface area contributed by atoms with Crippen molar-refractivity contribution in [1.82, 2.24) is 0 Å². The molecule has 0 aromatic heterocycles. The van der Waals surface area contributed by atoms with Crippen molar-refractivity contribution in [3.63, 3.8) is 0 Å². The zero-order valence-electron chi connectivity index (χ0n) is 7.34. The average molecular weight is 215 g/mol. The zero-order valence-corrected chi connectivity index (χ0v) is 7.34. The minimum absolute atomic E-state index is 0.401. The molecule has 0 radical (unpaired) electrons. The maximum atomic E-state index is 13.0. The Balaban J connectivity index is 3.01. The first kappa shape index (κ1) is 10.9. The Labute approximate surface area is 83.0 Å². The van der Waals surface area contributed by atoms with Crippen molar-refractivity contribution >= 4 is 11.7 Å². The van der Waals surface area contributed by atoms with Gasteiger partial charge in [0.15, 0.2) is 6.61 Å². The van der Waals surface area contributed by atoms with Crippen molar-refractivity contribution < 1.29 is 24.0 Å². The molecule has 0 heterocycles. The van der Waals surface area contributed by atoms with Crippen molar-refractivity contribution in [3.05, 3.63) is 34.1 Å². The minimum Gasteiger partial charge on any atom is -0.479 e. The Bertz CT molecular complexity index is 406. The summed E-state index contributed by atoms with van der Waals surface area (Å²) in [5.74, 6) is -2.76. The van der Waals surface area contributed by atoms with Gasteiger partial charge in [-0.25, -0.2) is 4.79 Å². The SMILES string of the molecule is O=C(O)COc1cccc(F)c1[N+](=O)[O-]. The van der Waals surface area contributed by atoms with E-state index in [4.69, 9.17) is 5.11 Å². The van der Waals surface area contributed by atoms with Crippen molar-refractivity contribution in [2.45, 2.75) is 0 Å². The van der Waals surface area contributed by atoms with Crippen LogP contribution >= 0.6 is 0 Å². The topological polar surface area (TPSA) is 89.7 Å². The highest BCUT2D eigenvalue weighted by Crippen LogP contribution is 2.29. The Morgan fingerprint density at radius 2 is 2.27 bits per heavy atom. The monoisotopic (exact) mass is 215 g/mol. The van der Waals surface area contributed by atoms with Crippen molar-refractivity contribution in [2.75, 3.05) is 6.61 Å². The largest absolute Gasteiger partial charge is 0.479 e. The molecule has 0 amide bonds. The summed E-state index contributed by atoms with van der Waals surface area (Å²) < 4.78 is 17.5. The third-order valence-electron chi connectivity index (χ3n) is 1.48. The Morgan fingerprint density at radius 3 is 2.80 bits per heavy atom. The fourth-order valence-corrected chi connectivity index (χ4v) is 0.929. The number of ether oxygens (including phenoxy) is 1. The maximum Gasteiger partial charge on any atom is 0.346 e. The van der Waals surface area contributed by atoms with Crippen molar-refractivity contribution in [1.29, 1.82) is 0 Å². The number of benzene rings is 1. The van der Waals surface area contributed by atoms with Crippen LogP contribution in [-0.4, -0.2) is 22.6 Å². The standard InChI is InChI=1S/C8H6FNO5/c9-5-2-1-3-6(8(5)10(13)14)15-4-7(11)12/h1-3H,4H2,(H,11,12). The summed E-state index contributed by atoms with van der Waals surface area (Å²) in [5, 5.41) is 18.7. The molecule has 0 fully saturated rings. The Hall–Kier alpha value is -2.18. The van der Waals surface area contributed by atoms with Gasteiger partial charge in [-0.05, 0) is 12.1 Å². The van der Waals surface area contributed by atoms with Crippen molar-refractivity contribution in [2.24, 2.45) is 0 Å². The number of nitro groups is 1. The van der Waals surface area contributed by atoms with Gasteiger partial charge in [0, 0.05) is 0 Å². The molecule has 0 saturated carbocycles. The highest BCUT2D eigenvalue weighted by molar-refractivity contribution is 5.68. The first-order chi connectivity index (χ1) is 7.02. The number of hydrogen-bond donors (Lipinski definition) is 1. The summed E-state index contributed by atoms with van der Waals surface area (Å²) in [4.78, 5) is 19.6. The van der Waals surface area contributed by atoms with Crippen LogP contribution in [0.3, 0.4) is 0 Å². The van der Waals surface area contributed by atoms with Gasteiger partial charge < -0.3 is 9.84 Å². The molecule has 80 valence electrons. The number of aliphatic carboxylic acids is 1. The smallest absolute Gasteiger partial charge is 0.346 e. The zero-order chi connectivity index (χ0) is 11.4. The Kier molecular flexibility index (Phi) is 3.17. The second-order valence-electron chi connectivity index (χ2n) is 2.53. The van der Waals surface area contributed by atoms with E-state index in [1.54, 1.807) is 0 Å². The predicted molar refractivity (Wildman–Crippen MR) is 46.2 cm³/mol. The van der Waals surface area contributed by atoms with E-state index in [1.807, 2.05) is 0 Å². The van der Waals surface area contributed by atoms with E-state index in [0.29, 0.717) is 0 Å². The summed E-state index contributed by atoms with van der Waals surface area (Å²) in [5.41, 5.74) is -0.862. The summed E-state index contributed by atoms with van der Waals surface area (Å²) in [6.45, 7) is -0.760. The van der Waals surface area contributed by atoms with Crippen LogP contribution in [0.2, 0.25) is 0 Å². The number of halogens is 1. The molecule has 0 saturated heterocycles. The molecular weight excluding hydrogens is 209 g/mol. The van der Waals surface area contributed by atoms with E-state index >= 15 is 0 Å². The maximum absolute atomic E-state index is 13.0. The minimum atomic E-state index is -1.30. The molecule has 15 heavy (non-hydrogen) atoms. The number of carboxylic acid groups (broad SMARTS) is 1. The number of hydrogen-bond acceptors (Lipinski definition) is 4. The van der Waals surface area contributed by atoms with E-state index in [2.05, 4.69) is 4.74 Å². The molecule has 1 N–H and O–H groups in total. The van der Waals surface area contributed by atoms with Crippen molar-refractivity contribution in [3.8, 4) is 5.75 Å². The molecular formula is C8H6FNO5. The fourth-order valence-electron chi connectivity index (χ4n) is 0.929. The number of nitro benzene ring substituents is 1. The highest BCUT2D eigenvalue weighted by Gasteiger charge is 2.21. The molecule has 1 aromatic rings. The molecule has 6 nitrogen and oxygen atoms in total. The van der Waals surface area contributed by atoms with Gasteiger partial charge in [0.25, 0.3) is 0 Å². The van der Waals surface area contributed by atoms with Crippen LogP contribution in [0.15, 0.2) is 18.2 Å². The third kappa shape index (κ3) is 2.63. The molecule has 0 spiro atoms. The Morgan fingerprint density at radius 1 is 1.60 bits per heavy atom. The van der Waals surface area contributed by atoms with E-state index < -0.39 is 34.8 Å². The number of rotatable bonds is 4. The van der Waals surface area contributed by atoms with Gasteiger partial charge in [0.1, 0.15) is 0 Å². The number of carboxylic acids is 1. The van der Waals surface area contributed by atoms with Gasteiger partial charge in [-0.15, -0.1) is 0 Å². The third-order valence-corrected chi connectivity index (χ3v) is 1.48. The molecule has 0 aliphatic carbocycles. The van der Waals surface area contributed by atoms with Crippen LogP contribution in [0.4, 0.5) is 10.1 Å². The lowest BCUT2D eigenvalue weighted by Gasteiger charge is -2.03. The predicted octanol–water partition coefficient (Wildman–Crippen LogP) is 1.20. The van der Waals surface area contributed by atoms with Crippen LogP contribution in [0, 0.1) is 15.9 Å². The van der Waals surface area contributed by atoms with Gasteiger partial charge in [0.2, 0.25) is 11.6 Å². The first-order valence-electron chi connectivity index (χ1n) is 3.80. The molecule has 0 atom stereocenters. The number of para-hydroxylation sites is 1. The number of nitrogens with zero attached hydrogens (tertiary/aromatic N) is 1. The molecule has 7 heteroatoms. The fraction of sp³-hybridized carbons (Fsp3) is 0.125. The summed E-state index contributed by atoms with van der Waals surface area (Å²) >= 11 is 0. The average Bonchev–Trinajstić information content (AvgIpc) is 2.13. The van der Waals surface area contributed by atoms with Crippen LogP contribution in [0.25, 0.3) is 0 Å². The summed E-state index contributed by atoms with van der Waals surface area (Å²) in [7, 11) is 0. The van der Waals surface area contributed by atoms with E-state index in [1.165, 1.54) is 6.07 Å². The molecule has 1 aromatic carbocycles. The van der Waals surface area contributed by atoms with Gasteiger partial charge in [-0.1, -0.05) is 6.07 Å².